The van der Waals surface area contributed by atoms with Gasteiger partial charge in [-0.2, -0.15) is 0 Å². The first-order chi connectivity index (χ1) is 8.15. The third-order valence-corrected chi connectivity index (χ3v) is 4.08. The van der Waals surface area contributed by atoms with Crippen molar-refractivity contribution in [3.8, 4) is 0 Å². The normalized spacial score (nSPS) is 32.8. The van der Waals surface area contributed by atoms with Gasteiger partial charge in [0, 0.05) is 13.1 Å². The lowest BCUT2D eigenvalue weighted by atomic mass is 9.92. The Kier molecular flexibility index (Phi) is 4.30. The van der Waals surface area contributed by atoms with Crippen LogP contribution >= 0.6 is 0 Å². The van der Waals surface area contributed by atoms with Gasteiger partial charge >= 0.3 is 0 Å². The first kappa shape index (κ1) is 12.7. The topological polar surface area (TPSA) is 41.6 Å². The molecule has 3 nitrogen and oxygen atoms in total. The van der Waals surface area contributed by atoms with E-state index in [1.54, 1.807) is 0 Å². The number of rotatable bonds is 1. The molecule has 0 amide bonds. The molecule has 1 aliphatic heterocycles. The summed E-state index contributed by atoms with van der Waals surface area (Å²) in [5.74, 6) is 2.30. The van der Waals surface area contributed by atoms with Gasteiger partial charge in [-0.3, -0.25) is 0 Å². The fourth-order valence-electron chi connectivity index (χ4n) is 3.33. The number of hydrogen-bond acceptors (Lipinski definition) is 1. The summed E-state index contributed by atoms with van der Waals surface area (Å²) in [5.41, 5.74) is 6.18. The Balaban J connectivity index is 1.93. The molecular formula is C14H27N3. The fraction of sp³-hybridized carbons (Fsp3) is 0.929. The van der Waals surface area contributed by atoms with Crippen molar-refractivity contribution in [3.63, 3.8) is 0 Å². The minimum Gasteiger partial charge on any atom is -0.370 e. The van der Waals surface area contributed by atoms with E-state index in [1.165, 1.54) is 38.5 Å². The van der Waals surface area contributed by atoms with Crippen molar-refractivity contribution in [2.24, 2.45) is 22.6 Å². The zero-order chi connectivity index (χ0) is 12.3. The van der Waals surface area contributed by atoms with Gasteiger partial charge < -0.3 is 10.6 Å². The molecule has 2 fully saturated rings. The van der Waals surface area contributed by atoms with Crippen LogP contribution in [0, 0.1) is 11.8 Å². The Morgan fingerprint density at radius 2 is 1.65 bits per heavy atom. The van der Waals surface area contributed by atoms with E-state index in [0.29, 0.717) is 6.04 Å². The third-order valence-electron chi connectivity index (χ3n) is 4.08. The summed E-state index contributed by atoms with van der Waals surface area (Å²) in [6.45, 7) is 6.81. The second kappa shape index (κ2) is 5.74. The van der Waals surface area contributed by atoms with Gasteiger partial charge in [0.05, 0.1) is 6.04 Å². The molecule has 0 bridgehead atoms. The first-order valence-corrected chi connectivity index (χ1v) is 7.23. The molecule has 1 saturated carbocycles. The van der Waals surface area contributed by atoms with Crippen molar-refractivity contribution < 1.29 is 0 Å². The highest BCUT2D eigenvalue weighted by atomic mass is 15.3. The van der Waals surface area contributed by atoms with E-state index in [-0.39, 0.29) is 0 Å². The van der Waals surface area contributed by atoms with E-state index in [0.717, 1.165) is 30.9 Å². The lowest BCUT2D eigenvalue weighted by molar-refractivity contribution is 0.210. The highest BCUT2D eigenvalue weighted by Gasteiger charge is 2.23. The molecule has 0 aromatic carbocycles. The van der Waals surface area contributed by atoms with Gasteiger partial charge in [0.25, 0.3) is 0 Å². The fourth-order valence-corrected chi connectivity index (χ4v) is 3.33. The quantitative estimate of drug-likeness (QED) is 0.562. The van der Waals surface area contributed by atoms with Gasteiger partial charge in [-0.05, 0) is 31.1 Å². The van der Waals surface area contributed by atoms with Crippen LogP contribution in [0.1, 0.15) is 52.4 Å². The van der Waals surface area contributed by atoms with Gasteiger partial charge in [0.15, 0.2) is 5.96 Å². The van der Waals surface area contributed by atoms with Gasteiger partial charge in [-0.25, -0.2) is 4.99 Å². The molecule has 2 N–H and O–H groups in total. The zero-order valence-corrected chi connectivity index (χ0v) is 11.4. The molecule has 2 rings (SSSR count). The highest BCUT2D eigenvalue weighted by molar-refractivity contribution is 5.78. The second-order valence-corrected chi connectivity index (χ2v) is 6.13. The summed E-state index contributed by atoms with van der Waals surface area (Å²) in [4.78, 5) is 7.05. The van der Waals surface area contributed by atoms with Crippen LogP contribution in [-0.2, 0) is 0 Å². The standard InChI is InChI=1S/C14H27N3/c1-11-8-12(2)10-17(9-11)14(15)16-13-6-4-3-5-7-13/h11-13H,3-10H2,1-2H3,(H2,15,16). The van der Waals surface area contributed by atoms with Gasteiger partial charge in [0.2, 0.25) is 0 Å². The summed E-state index contributed by atoms with van der Waals surface area (Å²) in [5, 5.41) is 0. The molecule has 17 heavy (non-hydrogen) atoms. The maximum Gasteiger partial charge on any atom is 0.191 e. The molecule has 1 aliphatic carbocycles. The summed E-state index contributed by atoms with van der Waals surface area (Å²) in [6.07, 6.45) is 7.83. The van der Waals surface area contributed by atoms with Gasteiger partial charge in [0.1, 0.15) is 0 Å². The Morgan fingerprint density at radius 3 is 2.24 bits per heavy atom. The SMILES string of the molecule is CC1CC(C)CN(C(N)=NC2CCCCC2)C1. The number of nitrogens with zero attached hydrogens (tertiary/aromatic N) is 2. The number of aliphatic imine (C=N–C) groups is 1. The Morgan fingerprint density at radius 1 is 1.06 bits per heavy atom. The smallest absolute Gasteiger partial charge is 0.191 e. The van der Waals surface area contributed by atoms with Gasteiger partial charge in [-0.1, -0.05) is 33.1 Å². The minimum atomic E-state index is 0.497. The van der Waals surface area contributed by atoms with Crippen molar-refractivity contribution in [3.05, 3.63) is 0 Å². The lowest BCUT2D eigenvalue weighted by Gasteiger charge is -2.36. The first-order valence-electron chi connectivity index (χ1n) is 7.23. The van der Waals surface area contributed by atoms with Crippen LogP contribution < -0.4 is 5.73 Å². The van der Waals surface area contributed by atoms with Crippen molar-refractivity contribution >= 4 is 5.96 Å². The molecule has 0 radical (unpaired) electrons. The molecule has 0 spiro atoms. The maximum atomic E-state index is 6.18. The van der Waals surface area contributed by atoms with Crippen LogP contribution in [0.5, 0.6) is 0 Å². The van der Waals surface area contributed by atoms with E-state index in [1.807, 2.05) is 0 Å². The summed E-state index contributed by atoms with van der Waals surface area (Å²) >= 11 is 0. The average Bonchev–Trinajstić information content (AvgIpc) is 2.29. The summed E-state index contributed by atoms with van der Waals surface area (Å²) < 4.78 is 0. The van der Waals surface area contributed by atoms with Crippen LogP contribution in [-0.4, -0.2) is 30.0 Å². The number of piperidine rings is 1. The largest absolute Gasteiger partial charge is 0.370 e. The van der Waals surface area contributed by atoms with Crippen molar-refractivity contribution in [1.29, 1.82) is 0 Å². The Hall–Kier alpha value is -0.730. The molecule has 3 heteroatoms. The number of nitrogens with two attached hydrogens (primary N) is 1. The summed E-state index contributed by atoms with van der Waals surface area (Å²) in [7, 11) is 0. The Labute approximate surface area is 105 Å². The monoisotopic (exact) mass is 237 g/mol. The van der Waals surface area contributed by atoms with E-state index in [2.05, 4.69) is 18.7 Å². The molecule has 2 aliphatic rings. The highest BCUT2D eigenvalue weighted by Crippen LogP contribution is 2.23. The van der Waals surface area contributed by atoms with Crippen molar-refractivity contribution in [2.75, 3.05) is 13.1 Å². The maximum absolute atomic E-state index is 6.18. The molecule has 0 aromatic heterocycles. The predicted molar refractivity (Wildman–Crippen MR) is 73.0 cm³/mol. The number of hydrogen-bond donors (Lipinski definition) is 1. The van der Waals surface area contributed by atoms with Crippen LogP contribution in [0.15, 0.2) is 4.99 Å². The molecule has 0 aromatic rings. The predicted octanol–water partition coefficient (Wildman–Crippen LogP) is 2.61. The minimum absolute atomic E-state index is 0.497. The van der Waals surface area contributed by atoms with Crippen LogP contribution in [0.2, 0.25) is 0 Å². The average molecular weight is 237 g/mol. The van der Waals surface area contributed by atoms with E-state index in [9.17, 15) is 0 Å². The van der Waals surface area contributed by atoms with Crippen LogP contribution in [0.3, 0.4) is 0 Å². The van der Waals surface area contributed by atoms with E-state index in [4.69, 9.17) is 10.7 Å². The van der Waals surface area contributed by atoms with Crippen LogP contribution in [0.25, 0.3) is 0 Å². The Bertz CT molecular complexity index is 259. The third kappa shape index (κ3) is 3.62. The summed E-state index contributed by atoms with van der Waals surface area (Å²) in [6, 6.07) is 0.497. The zero-order valence-electron chi connectivity index (χ0n) is 11.4. The molecule has 2 atom stereocenters. The van der Waals surface area contributed by atoms with Crippen molar-refractivity contribution in [2.45, 2.75) is 58.4 Å². The second-order valence-electron chi connectivity index (χ2n) is 6.13. The number of likely N-dealkylation sites (tertiary alicyclic amines) is 1. The molecule has 1 heterocycles. The molecule has 98 valence electrons. The number of guanidine groups is 1. The van der Waals surface area contributed by atoms with Crippen molar-refractivity contribution in [1.82, 2.24) is 4.90 Å². The van der Waals surface area contributed by atoms with Crippen LogP contribution in [0.4, 0.5) is 0 Å². The molecular weight excluding hydrogens is 210 g/mol. The van der Waals surface area contributed by atoms with E-state index >= 15 is 0 Å². The van der Waals surface area contributed by atoms with Gasteiger partial charge in [-0.15, -0.1) is 0 Å². The molecule has 1 saturated heterocycles. The lowest BCUT2D eigenvalue weighted by Crippen LogP contribution is -2.46. The van der Waals surface area contributed by atoms with E-state index < -0.39 is 0 Å². The molecule has 2 unspecified atom stereocenters.